The van der Waals surface area contributed by atoms with E-state index in [1.54, 1.807) is 64.3 Å². The number of nitrogens with zero attached hydrogens (tertiary/aromatic N) is 1. The Balaban J connectivity index is 2.50. The molecule has 3 N–H and O–H groups in total. The second kappa shape index (κ2) is 13.2. The average molecular weight is 528 g/mol. The maximum atomic E-state index is 14.1. The molecular formula is C29H41N3O6. The molecule has 0 aliphatic rings. The second-order valence-corrected chi connectivity index (χ2v) is 10.6. The van der Waals surface area contributed by atoms with Crippen LogP contribution in [0.3, 0.4) is 0 Å². The molecule has 0 aromatic heterocycles. The third-order valence-electron chi connectivity index (χ3n) is 6.05. The van der Waals surface area contributed by atoms with Gasteiger partial charge in [-0.15, -0.1) is 0 Å². The second-order valence-electron chi connectivity index (χ2n) is 10.6. The van der Waals surface area contributed by atoms with Gasteiger partial charge in [0.05, 0.1) is 7.11 Å². The molecule has 9 nitrogen and oxygen atoms in total. The first kappa shape index (κ1) is 30.5. The van der Waals surface area contributed by atoms with E-state index in [9.17, 15) is 19.5 Å². The van der Waals surface area contributed by atoms with Gasteiger partial charge in [0.1, 0.15) is 29.2 Å². The van der Waals surface area contributed by atoms with Crippen LogP contribution in [0.2, 0.25) is 0 Å². The van der Waals surface area contributed by atoms with Crippen LogP contribution in [0.25, 0.3) is 0 Å². The van der Waals surface area contributed by atoms with Crippen molar-refractivity contribution in [1.82, 2.24) is 10.2 Å². The summed E-state index contributed by atoms with van der Waals surface area (Å²) in [5.74, 6) is -0.413. The molecule has 0 aliphatic carbocycles. The summed E-state index contributed by atoms with van der Waals surface area (Å²) in [6, 6.07) is 10.6. The number of benzene rings is 2. The Morgan fingerprint density at radius 1 is 0.974 bits per heavy atom. The van der Waals surface area contributed by atoms with Crippen LogP contribution in [-0.4, -0.2) is 52.7 Å². The lowest BCUT2D eigenvalue weighted by atomic mass is 9.94. The molecule has 0 radical (unpaired) electrons. The fraction of sp³-hybridized carbons (Fsp3) is 0.483. The molecule has 0 heterocycles. The van der Waals surface area contributed by atoms with Crippen LogP contribution in [-0.2, 0) is 14.3 Å². The van der Waals surface area contributed by atoms with E-state index in [1.807, 2.05) is 27.7 Å². The van der Waals surface area contributed by atoms with E-state index in [-0.39, 0.29) is 11.7 Å². The molecule has 3 atom stereocenters. The number of hydrogen-bond acceptors (Lipinski definition) is 6. The van der Waals surface area contributed by atoms with Crippen molar-refractivity contribution in [3.63, 3.8) is 0 Å². The van der Waals surface area contributed by atoms with E-state index in [4.69, 9.17) is 9.47 Å². The highest BCUT2D eigenvalue weighted by molar-refractivity contribution is 5.99. The zero-order chi connectivity index (χ0) is 28.6. The Morgan fingerprint density at radius 3 is 2.03 bits per heavy atom. The Hall–Kier alpha value is -3.75. The number of rotatable bonds is 10. The van der Waals surface area contributed by atoms with Crippen molar-refractivity contribution < 1.29 is 29.0 Å². The first-order chi connectivity index (χ1) is 17.8. The lowest BCUT2D eigenvalue weighted by molar-refractivity contribution is -0.144. The van der Waals surface area contributed by atoms with Gasteiger partial charge in [0, 0.05) is 11.7 Å². The number of amides is 3. The number of carbonyl (C=O) groups is 3. The quantitative estimate of drug-likeness (QED) is 0.388. The summed E-state index contributed by atoms with van der Waals surface area (Å²) in [4.78, 5) is 42.0. The molecule has 3 amide bonds. The number of carbonyl (C=O) groups excluding carboxylic acids is 3. The number of ether oxygens (including phenoxy) is 2. The summed E-state index contributed by atoms with van der Waals surface area (Å²) in [6.07, 6.45) is -0.0937. The molecule has 0 aliphatic heterocycles. The number of nitrogens with one attached hydrogen (secondary N) is 2. The topological polar surface area (TPSA) is 117 Å². The van der Waals surface area contributed by atoms with Gasteiger partial charge >= 0.3 is 6.09 Å². The van der Waals surface area contributed by atoms with E-state index in [2.05, 4.69) is 10.6 Å². The van der Waals surface area contributed by atoms with Crippen LogP contribution in [0.4, 0.5) is 10.5 Å². The predicted molar refractivity (Wildman–Crippen MR) is 147 cm³/mol. The molecule has 2 aromatic rings. The van der Waals surface area contributed by atoms with Crippen LogP contribution in [0, 0.1) is 5.92 Å². The standard InChI is InChI=1S/C29H41N3O6/c1-9-19(4)24(31-28(36)38-29(5,6)7)27(35)32(18(2)3)25(20-10-14-22(33)15-11-20)26(34)30-21-12-16-23(37-8)17-13-21/h10-19,24-25,33H,9H2,1-8H3,(H,30,34)(H,31,36). The van der Waals surface area contributed by atoms with Crippen LogP contribution in [0.15, 0.2) is 48.5 Å². The molecule has 0 spiro atoms. The van der Waals surface area contributed by atoms with Crippen molar-refractivity contribution in [2.24, 2.45) is 5.92 Å². The van der Waals surface area contributed by atoms with Crippen molar-refractivity contribution >= 4 is 23.6 Å². The van der Waals surface area contributed by atoms with Crippen molar-refractivity contribution in [3.8, 4) is 11.5 Å². The summed E-state index contributed by atoms with van der Waals surface area (Å²) in [5.41, 5.74) is 0.301. The van der Waals surface area contributed by atoms with Gasteiger partial charge < -0.3 is 30.1 Å². The average Bonchev–Trinajstić information content (AvgIpc) is 2.84. The van der Waals surface area contributed by atoms with Gasteiger partial charge in [-0.05, 0) is 82.5 Å². The van der Waals surface area contributed by atoms with Crippen molar-refractivity contribution in [2.45, 2.75) is 78.6 Å². The minimum absolute atomic E-state index is 0.0366. The molecule has 38 heavy (non-hydrogen) atoms. The number of aromatic hydroxyl groups is 1. The number of alkyl carbamates (subject to hydrolysis) is 1. The Kier molecular flexibility index (Phi) is 10.6. The van der Waals surface area contributed by atoms with Gasteiger partial charge in [0.25, 0.3) is 5.91 Å². The van der Waals surface area contributed by atoms with E-state index in [1.165, 1.54) is 17.0 Å². The third kappa shape index (κ3) is 8.39. The molecule has 0 saturated heterocycles. The Bertz CT molecular complexity index is 1080. The monoisotopic (exact) mass is 527 g/mol. The van der Waals surface area contributed by atoms with Gasteiger partial charge in [-0.1, -0.05) is 32.4 Å². The van der Waals surface area contributed by atoms with Crippen LogP contribution < -0.4 is 15.4 Å². The molecule has 9 heteroatoms. The SMILES string of the molecule is CCC(C)C(NC(=O)OC(C)(C)C)C(=O)N(C(C)C)C(C(=O)Nc1ccc(OC)cc1)c1ccc(O)cc1. The highest BCUT2D eigenvalue weighted by atomic mass is 16.6. The number of anilines is 1. The van der Waals surface area contributed by atoms with E-state index >= 15 is 0 Å². The summed E-state index contributed by atoms with van der Waals surface area (Å²) < 4.78 is 10.6. The summed E-state index contributed by atoms with van der Waals surface area (Å²) in [6.45, 7) is 12.7. The van der Waals surface area contributed by atoms with Crippen LogP contribution >= 0.6 is 0 Å². The van der Waals surface area contributed by atoms with Crippen LogP contribution in [0.5, 0.6) is 11.5 Å². The molecular weight excluding hydrogens is 486 g/mol. The molecule has 0 bridgehead atoms. The first-order valence-corrected chi connectivity index (χ1v) is 12.8. The molecule has 3 unspecified atom stereocenters. The van der Waals surface area contributed by atoms with Gasteiger partial charge in [-0.25, -0.2) is 4.79 Å². The normalized spacial score (nSPS) is 13.7. The fourth-order valence-corrected chi connectivity index (χ4v) is 3.94. The number of hydrogen-bond donors (Lipinski definition) is 3. The largest absolute Gasteiger partial charge is 0.508 e. The van der Waals surface area contributed by atoms with E-state index < -0.39 is 41.6 Å². The maximum Gasteiger partial charge on any atom is 0.408 e. The highest BCUT2D eigenvalue weighted by Gasteiger charge is 2.39. The summed E-state index contributed by atoms with van der Waals surface area (Å²) in [5, 5.41) is 15.5. The number of methoxy groups -OCH3 is 1. The fourth-order valence-electron chi connectivity index (χ4n) is 3.94. The third-order valence-corrected chi connectivity index (χ3v) is 6.05. The first-order valence-electron chi connectivity index (χ1n) is 12.8. The number of phenolic OH excluding ortho intramolecular Hbond substituents is 1. The molecule has 208 valence electrons. The minimum Gasteiger partial charge on any atom is -0.508 e. The lowest BCUT2D eigenvalue weighted by Crippen LogP contribution is -2.56. The minimum atomic E-state index is -1.04. The zero-order valence-electron chi connectivity index (χ0n) is 23.6. The molecule has 0 saturated carbocycles. The zero-order valence-corrected chi connectivity index (χ0v) is 23.6. The van der Waals surface area contributed by atoms with Gasteiger partial charge in [0.2, 0.25) is 5.91 Å². The Labute approximate surface area is 225 Å². The Morgan fingerprint density at radius 2 is 1.55 bits per heavy atom. The predicted octanol–water partition coefficient (Wildman–Crippen LogP) is 5.26. The highest BCUT2D eigenvalue weighted by Crippen LogP contribution is 2.29. The van der Waals surface area contributed by atoms with Gasteiger partial charge in [0.15, 0.2) is 0 Å². The van der Waals surface area contributed by atoms with Crippen molar-refractivity contribution in [2.75, 3.05) is 12.4 Å². The smallest absolute Gasteiger partial charge is 0.408 e. The van der Waals surface area contributed by atoms with Gasteiger partial charge in [-0.3, -0.25) is 9.59 Å². The van der Waals surface area contributed by atoms with Crippen molar-refractivity contribution in [1.29, 1.82) is 0 Å². The molecule has 2 rings (SSSR count). The molecule has 2 aromatic carbocycles. The van der Waals surface area contributed by atoms with E-state index in [0.29, 0.717) is 23.4 Å². The van der Waals surface area contributed by atoms with Crippen LogP contribution in [0.1, 0.15) is 66.5 Å². The maximum absolute atomic E-state index is 14.1. The van der Waals surface area contributed by atoms with Crippen molar-refractivity contribution in [3.05, 3.63) is 54.1 Å². The van der Waals surface area contributed by atoms with Gasteiger partial charge in [-0.2, -0.15) is 0 Å². The molecule has 0 fully saturated rings. The lowest BCUT2D eigenvalue weighted by Gasteiger charge is -2.38. The summed E-state index contributed by atoms with van der Waals surface area (Å²) in [7, 11) is 1.56. The van der Waals surface area contributed by atoms with E-state index in [0.717, 1.165) is 0 Å². The summed E-state index contributed by atoms with van der Waals surface area (Å²) >= 11 is 0. The number of phenols is 1.